The zero-order chi connectivity index (χ0) is 11.7. The smallest absolute Gasteiger partial charge is 0.268 e. The van der Waals surface area contributed by atoms with Crippen molar-refractivity contribution in [3.8, 4) is 10.8 Å². The van der Waals surface area contributed by atoms with E-state index in [-0.39, 0.29) is 5.38 Å². The molecular formula is C9H7Br2ClN2OS. The predicted molar refractivity (Wildman–Crippen MR) is 71.9 cm³/mol. The second-order valence-corrected chi connectivity index (χ2v) is 6.82. The summed E-state index contributed by atoms with van der Waals surface area (Å²) in [5.41, 5.74) is 0. The van der Waals surface area contributed by atoms with Crippen LogP contribution in [0, 0.1) is 0 Å². The van der Waals surface area contributed by atoms with Crippen molar-refractivity contribution in [1.29, 1.82) is 0 Å². The molecule has 3 nitrogen and oxygen atoms in total. The van der Waals surface area contributed by atoms with Crippen LogP contribution >= 0.6 is 54.8 Å². The molecule has 0 aliphatic heterocycles. The summed E-state index contributed by atoms with van der Waals surface area (Å²) in [5, 5.41) is 3.67. The number of halogens is 3. The van der Waals surface area contributed by atoms with Crippen LogP contribution in [0.1, 0.15) is 24.5 Å². The maximum Gasteiger partial charge on any atom is 0.268 e. The first-order valence-corrected chi connectivity index (χ1v) is 7.38. The molecule has 2 aromatic heterocycles. The van der Waals surface area contributed by atoms with Crippen LogP contribution in [-0.2, 0) is 0 Å². The number of hydrogen-bond donors (Lipinski definition) is 0. The number of rotatable bonds is 3. The molecule has 1 unspecified atom stereocenters. The first kappa shape index (κ1) is 12.5. The van der Waals surface area contributed by atoms with Crippen molar-refractivity contribution in [2.75, 3.05) is 0 Å². The fraction of sp³-hybridized carbons (Fsp3) is 0.333. The van der Waals surface area contributed by atoms with Crippen molar-refractivity contribution in [3.05, 3.63) is 20.1 Å². The summed E-state index contributed by atoms with van der Waals surface area (Å²) in [5.74, 6) is 1.05. The van der Waals surface area contributed by atoms with Gasteiger partial charge >= 0.3 is 0 Å². The Hall–Kier alpha value is 0.0900. The maximum absolute atomic E-state index is 6.03. The van der Waals surface area contributed by atoms with Crippen LogP contribution in [0.3, 0.4) is 0 Å². The van der Waals surface area contributed by atoms with Gasteiger partial charge in [0, 0.05) is 4.47 Å². The molecule has 0 N–H and O–H groups in total. The largest absolute Gasteiger partial charge is 0.333 e. The van der Waals surface area contributed by atoms with Crippen molar-refractivity contribution in [2.24, 2.45) is 0 Å². The van der Waals surface area contributed by atoms with Gasteiger partial charge < -0.3 is 4.52 Å². The third-order valence-electron chi connectivity index (χ3n) is 1.94. The zero-order valence-electron chi connectivity index (χ0n) is 8.21. The molecule has 0 saturated carbocycles. The van der Waals surface area contributed by atoms with E-state index in [0.717, 1.165) is 19.6 Å². The van der Waals surface area contributed by atoms with Gasteiger partial charge in [-0.25, -0.2) is 0 Å². The van der Waals surface area contributed by atoms with Crippen LogP contribution < -0.4 is 0 Å². The lowest BCUT2D eigenvalue weighted by atomic mass is 10.3. The molecule has 2 rings (SSSR count). The van der Waals surface area contributed by atoms with Gasteiger partial charge in [0.25, 0.3) is 5.89 Å². The van der Waals surface area contributed by atoms with E-state index in [2.05, 4.69) is 42.0 Å². The van der Waals surface area contributed by atoms with Gasteiger partial charge in [-0.15, -0.1) is 22.9 Å². The monoisotopic (exact) mass is 384 g/mol. The van der Waals surface area contributed by atoms with Crippen LogP contribution in [0.15, 0.2) is 18.8 Å². The molecule has 0 aliphatic rings. The van der Waals surface area contributed by atoms with Gasteiger partial charge in [-0.1, -0.05) is 12.1 Å². The lowest BCUT2D eigenvalue weighted by molar-refractivity contribution is 0.422. The van der Waals surface area contributed by atoms with Gasteiger partial charge in [-0.3, -0.25) is 0 Å². The van der Waals surface area contributed by atoms with Crippen molar-refractivity contribution in [2.45, 2.75) is 18.7 Å². The highest BCUT2D eigenvalue weighted by molar-refractivity contribution is 9.13. The topological polar surface area (TPSA) is 38.9 Å². The van der Waals surface area contributed by atoms with Crippen molar-refractivity contribution in [1.82, 2.24) is 10.1 Å². The summed E-state index contributed by atoms with van der Waals surface area (Å²) >= 11 is 14.4. The highest BCUT2D eigenvalue weighted by Gasteiger charge is 2.17. The number of thiophene rings is 1. The third-order valence-corrected chi connectivity index (χ3v) is 5.68. The Bertz CT molecular complexity index is 480. The quantitative estimate of drug-likeness (QED) is 0.696. The minimum Gasteiger partial charge on any atom is -0.333 e. The maximum atomic E-state index is 6.03. The van der Waals surface area contributed by atoms with E-state index in [1.807, 2.05) is 13.0 Å². The molecule has 7 heteroatoms. The molecular weight excluding hydrogens is 379 g/mol. The molecule has 0 bridgehead atoms. The fourth-order valence-electron chi connectivity index (χ4n) is 1.10. The van der Waals surface area contributed by atoms with Crippen LogP contribution in [0.25, 0.3) is 10.8 Å². The van der Waals surface area contributed by atoms with Crippen LogP contribution in [0.5, 0.6) is 0 Å². The van der Waals surface area contributed by atoms with Gasteiger partial charge in [0.05, 0.1) is 14.0 Å². The lowest BCUT2D eigenvalue weighted by Gasteiger charge is -1.95. The van der Waals surface area contributed by atoms with E-state index in [1.54, 1.807) is 0 Å². The van der Waals surface area contributed by atoms with Crippen molar-refractivity contribution in [3.63, 3.8) is 0 Å². The van der Waals surface area contributed by atoms with E-state index in [0.29, 0.717) is 11.7 Å². The Kier molecular flexibility index (Phi) is 4.05. The van der Waals surface area contributed by atoms with Gasteiger partial charge in [0.15, 0.2) is 5.82 Å². The molecule has 1 atom stereocenters. The summed E-state index contributed by atoms with van der Waals surface area (Å²) in [6, 6.07) is 1.93. The average Bonchev–Trinajstić information content (AvgIpc) is 2.86. The summed E-state index contributed by atoms with van der Waals surface area (Å²) in [4.78, 5) is 5.18. The van der Waals surface area contributed by atoms with Gasteiger partial charge in [-0.2, -0.15) is 4.98 Å². The molecule has 0 spiro atoms. The Labute approximate surface area is 118 Å². The van der Waals surface area contributed by atoms with E-state index in [4.69, 9.17) is 16.1 Å². The molecule has 16 heavy (non-hydrogen) atoms. The van der Waals surface area contributed by atoms with Gasteiger partial charge in [0.2, 0.25) is 0 Å². The zero-order valence-corrected chi connectivity index (χ0v) is 13.0. The number of nitrogens with zero attached hydrogens (tertiary/aromatic N) is 2. The molecule has 0 aliphatic carbocycles. The summed E-state index contributed by atoms with van der Waals surface area (Å²) in [6.07, 6.45) is 0.776. The van der Waals surface area contributed by atoms with E-state index < -0.39 is 0 Å². The molecule has 2 heterocycles. The normalized spacial score (nSPS) is 13.0. The molecule has 0 fully saturated rings. The number of hydrogen-bond acceptors (Lipinski definition) is 4. The van der Waals surface area contributed by atoms with Crippen molar-refractivity contribution < 1.29 is 4.52 Å². The SMILES string of the molecule is CCC(Cl)c1noc(-c2cc(Br)c(Br)s2)n1. The number of alkyl halides is 1. The van der Waals surface area contributed by atoms with Crippen LogP contribution in [0.4, 0.5) is 0 Å². The van der Waals surface area contributed by atoms with Crippen LogP contribution in [-0.4, -0.2) is 10.1 Å². The average molecular weight is 386 g/mol. The molecule has 86 valence electrons. The number of aromatic nitrogens is 2. The van der Waals surface area contributed by atoms with E-state index in [9.17, 15) is 0 Å². The molecule has 0 amide bonds. The third kappa shape index (κ3) is 2.50. The standard InChI is InChI=1S/C9H7Br2ClN2OS/c1-2-5(12)8-13-9(15-14-8)6-3-4(10)7(11)16-6/h3,5H,2H2,1H3. The minimum atomic E-state index is -0.190. The predicted octanol–water partition coefficient (Wildman–Crippen LogP) is 5.01. The van der Waals surface area contributed by atoms with E-state index >= 15 is 0 Å². The molecule has 0 aromatic carbocycles. The molecule has 0 saturated heterocycles. The Morgan fingerprint density at radius 2 is 2.31 bits per heavy atom. The Morgan fingerprint density at radius 3 is 2.88 bits per heavy atom. The molecule has 2 aromatic rings. The first-order chi connectivity index (χ1) is 7.61. The highest BCUT2D eigenvalue weighted by atomic mass is 79.9. The fourth-order valence-corrected chi connectivity index (χ4v) is 3.14. The van der Waals surface area contributed by atoms with Gasteiger partial charge in [-0.05, 0) is 44.3 Å². The second-order valence-electron chi connectivity index (χ2n) is 3.07. The minimum absolute atomic E-state index is 0.190. The Morgan fingerprint density at radius 1 is 1.56 bits per heavy atom. The lowest BCUT2D eigenvalue weighted by Crippen LogP contribution is -1.90. The molecule has 0 radical (unpaired) electrons. The van der Waals surface area contributed by atoms with Gasteiger partial charge in [0.1, 0.15) is 0 Å². The van der Waals surface area contributed by atoms with E-state index in [1.165, 1.54) is 11.3 Å². The first-order valence-electron chi connectivity index (χ1n) is 4.54. The summed E-state index contributed by atoms with van der Waals surface area (Å²) in [6.45, 7) is 1.98. The Balaban J connectivity index is 2.31. The van der Waals surface area contributed by atoms with Crippen LogP contribution in [0.2, 0.25) is 0 Å². The van der Waals surface area contributed by atoms with Crippen molar-refractivity contribution >= 4 is 54.8 Å². The summed E-state index contributed by atoms with van der Waals surface area (Å²) in [7, 11) is 0. The summed E-state index contributed by atoms with van der Waals surface area (Å²) < 4.78 is 7.14. The second kappa shape index (κ2) is 5.16. The highest BCUT2D eigenvalue weighted by Crippen LogP contribution is 2.38.